The maximum Gasteiger partial charge on any atom is 0.222 e. The average molecular weight is 280 g/mol. The Bertz CT molecular complexity index is 299. The van der Waals surface area contributed by atoms with Crippen LogP contribution in [0, 0.1) is 11.8 Å². The van der Waals surface area contributed by atoms with E-state index in [2.05, 4.69) is 11.8 Å². The third kappa shape index (κ3) is 4.21. The fraction of sp³-hybridized carbons (Fsp3) is 0.941. The van der Waals surface area contributed by atoms with E-state index >= 15 is 0 Å². The van der Waals surface area contributed by atoms with Crippen LogP contribution in [0.25, 0.3) is 0 Å². The first-order valence-electron chi connectivity index (χ1n) is 8.72. The van der Waals surface area contributed by atoms with Crippen molar-refractivity contribution in [2.24, 2.45) is 17.6 Å². The fourth-order valence-corrected chi connectivity index (χ4v) is 4.05. The van der Waals surface area contributed by atoms with Gasteiger partial charge in [0.2, 0.25) is 5.91 Å². The molecule has 0 aromatic rings. The number of carbonyl (C=O) groups excluding carboxylic acids is 1. The molecule has 0 aromatic heterocycles. The van der Waals surface area contributed by atoms with Crippen LogP contribution in [0.5, 0.6) is 0 Å². The van der Waals surface area contributed by atoms with Gasteiger partial charge in [0.05, 0.1) is 0 Å². The van der Waals surface area contributed by atoms with E-state index in [0.29, 0.717) is 17.9 Å². The van der Waals surface area contributed by atoms with Crippen LogP contribution in [0.2, 0.25) is 0 Å². The van der Waals surface area contributed by atoms with Gasteiger partial charge in [0, 0.05) is 19.0 Å². The van der Waals surface area contributed by atoms with Crippen molar-refractivity contribution in [2.45, 2.75) is 77.2 Å². The highest BCUT2D eigenvalue weighted by Gasteiger charge is 2.34. The molecule has 1 aliphatic carbocycles. The lowest BCUT2D eigenvalue weighted by molar-refractivity contribution is -0.133. The Kier molecular flexibility index (Phi) is 6.34. The second-order valence-corrected chi connectivity index (χ2v) is 6.92. The van der Waals surface area contributed by atoms with Crippen molar-refractivity contribution in [1.29, 1.82) is 0 Å². The highest BCUT2D eigenvalue weighted by atomic mass is 16.2. The highest BCUT2D eigenvalue weighted by molar-refractivity contribution is 5.76. The molecule has 2 atom stereocenters. The highest BCUT2D eigenvalue weighted by Crippen LogP contribution is 2.34. The van der Waals surface area contributed by atoms with Crippen molar-refractivity contribution in [3.8, 4) is 0 Å². The number of nitrogens with two attached hydrogens (primary N) is 1. The summed E-state index contributed by atoms with van der Waals surface area (Å²) < 4.78 is 0. The molecule has 116 valence electrons. The van der Waals surface area contributed by atoms with E-state index in [4.69, 9.17) is 5.73 Å². The van der Waals surface area contributed by atoms with Gasteiger partial charge < -0.3 is 10.6 Å². The molecule has 0 bridgehead atoms. The molecule has 2 unspecified atom stereocenters. The Morgan fingerprint density at radius 2 is 1.90 bits per heavy atom. The molecule has 2 N–H and O–H groups in total. The van der Waals surface area contributed by atoms with E-state index in [0.717, 1.165) is 38.3 Å². The van der Waals surface area contributed by atoms with Gasteiger partial charge in [-0.05, 0) is 56.9 Å². The zero-order valence-electron chi connectivity index (χ0n) is 13.2. The molecule has 1 saturated heterocycles. The third-order valence-electron chi connectivity index (χ3n) is 5.32. The summed E-state index contributed by atoms with van der Waals surface area (Å²) >= 11 is 0. The molecule has 3 heteroatoms. The monoisotopic (exact) mass is 280 g/mol. The standard InChI is InChI=1S/C17H32N2O/c1-14(11-12-18)9-10-17(20)19-13-5-8-16(19)15-6-3-2-4-7-15/h14-16H,2-13,18H2,1H3. The second-order valence-electron chi connectivity index (χ2n) is 6.92. The molecule has 1 heterocycles. The van der Waals surface area contributed by atoms with Crippen LogP contribution in [-0.2, 0) is 4.79 Å². The van der Waals surface area contributed by atoms with E-state index in [1.54, 1.807) is 0 Å². The van der Waals surface area contributed by atoms with Gasteiger partial charge in [0.1, 0.15) is 0 Å². The Labute approximate surface area is 124 Å². The summed E-state index contributed by atoms with van der Waals surface area (Å²) in [6.07, 6.45) is 12.1. The van der Waals surface area contributed by atoms with Gasteiger partial charge in [-0.15, -0.1) is 0 Å². The number of likely N-dealkylation sites (tertiary alicyclic amines) is 1. The van der Waals surface area contributed by atoms with Crippen molar-refractivity contribution >= 4 is 5.91 Å². The summed E-state index contributed by atoms with van der Waals surface area (Å²) in [5, 5.41) is 0. The number of hydrogen-bond acceptors (Lipinski definition) is 2. The molecule has 20 heavy (non-hydrogen) atoms. The summed E-state index contributed by atoms with van der Waals surface area (Å²) in [6.45, 7) is 3.96. The van der Waals surface area contributed by atoms with E-state index in [9.17, 15) is 4.79 Å². The predicted octanol–water partition coefficient (Wildman–Crippen LogP) is 3.32. The van der Waals surface area contributed by atoms with Gasteiger partial charge in [-0.2, -0.15) is 0 Å². The predicted molar refractivity (Wildman–Crippen MR) is 83.4 cm³/mol. The summed E-state index contributed by atoms with van der Waals surface area (Å²) in [5.74, 6) is 1.78. The third-order valence-corrected chi connectivity index (χ3v) is 5.32. The minimum Gasteiger partial charge on any atom is -0.339 e. The fourth-order valence-electron chi connectivity index (χ4n) is 4.05. The lowest BCUT2D eigenvalue weighted by atomic mass is 9.83. The molecule has 1 amide bonds. The Morgan fingerprint density at radius 3 is 2.60 bits per heavy atom. The minimum absolute atomic E-state index is 0.405. The summed E-state index contributed by atoms with van der Waals surface area (Å²) in [5.41, 5.74) is 5.58. The Hall–Kier alpha value is -0.570. The largest absolute Gasteiger partial charge is 0.339 e. The lowest BCUT2D eigenvalue weighted by Gasteiger charge is -2.34. The zero-order valence-corrected chi connectivity index (χ0v) is 13.2. The maximum absolute atomic E-state index is 12.5. The molecule has 2 fully saturated rings. The van der Waals surface area contributed by atoms with E-state index in [1.807, 2.05) is 0 Å². The van der Waals surface area contributed by atoms with Crippen LogP contribution < -0.4 is 5.73 Å². The quantitative estimate of drug-likeness (QED) is 0.811. The normalized spacial score (nSPS) is 25.9. The van der Waals surface area contributed by atoms with Crippen LogP contribution >= 0.6 is 0 Å². The van der Waals surface area contributed by atoms with Gasteiger partial charge >= 0.3 is 0 Å². The number of hydrogen-bond donors (Lipinski definition) is 1. The van der Waals surface area contributed by atoms with Crippen LogP contribution in [0.4, 0.5) is 0 Å². The van der Waals surface area contributed by atoms with Crippen molar-refractivity contribution < 1.29 is 4.79 Å². The topological polar surface area (TPSA) is 46.3 Å². The molecule has 1 saturated carbocycles. The van der Waals surface area contributed by atoms with Gasteiger partial charge in [-0.25, -0.2) is 0 Å². The smallest absolute Gasteiger partial charge is 0.222 e. The number of carbonyl (C=O) groups is 1. The number of nitrogens with zero attached hydrogens (tertiary/aromatic N) is 1. The lowest BCUT2D eigenvalue weighted by Crippen LogP contribution is -2.40. The maximum atomic E-state index is 12.5. The van der Waals surface area contributed by atoms with Crippen LogP contribution in [-0.4, -0.2) is 29.9 Å². The van der Waals surface area contributed by atoms with E-state index in [-0.39, 0.29) is 0 Å². The minimum atomic E-state index is 0.405. The number of rotatable bonds is 6. The SMILES string of the molecule is CC(CCN)CCC(=O)N1CCCC1C1CCCCC1. The molecular weight excluding hydrogens is 248 g/mol. The van der Waals surface area contributed by atoms with Crippen molar-refractivity contribution in [2.75, 3.05) is 13.1 Å². The van der Waals surface area contributed by atoms with Gasteiger partial charge in [-0.3, -0.25) is 4.79 Å². The molecule has 2 aliphatic rings. The van der Waals surface area contributed by atoms with Crippen molar-refractivity contribution in [3.63, 3.8) is 0 Å². The van der Waals surface area contributed by atoms with Crippen LogP contribution in [0.3, 0.4) is 0 Å². The van der Waals surface area contributed by atoms with Gasteiger partial charge in [0.15, 0.2) is 0 Å². The molecule has 0 spiro atoms. The first-order chi connectivity index (χ1) is 9.72. The van der Waals surface area contributed by atoms with Crippen LogP contribution in [0.1, 0.15) is 71.1 Å². The second kappa shape index (κ2) is 8.02. The van der Waals surface area contributed by atoms with Crippen molar-refractivity contribution in [1.82, 2.24) is 4.90 Å². The molecule has 3 nitrogen and oxygen atoms in total. The zero-order chi connectivity index (χ0) is 14.4. The molecular formula is C17H32N2O. The number of amides is 1. The van der Waals surface area contributed by atoms with E-state index in [1.165, 1.54) is 44.9 Å². The first-order valence-corrected chi connectivity index (χ1v) is 8.72. The summed E-state index contributed by atoms with van der Waals surface area (Å²) in [6, 6.07) is 0.563. The molecule has 2 rings (SSSR count). The molecule has 0 aromatic carbocycles. The summed E-state index contributed by atoms with van der Waals surface area (Å²) in [7, 11) is 0. The van der Waals surface area contributed by atoms with Crippen molar-refractivity contribution in [3.05, 3.63) is 0 Å². The van der Waals surface area contributed by atoms with E-state index < -0.39 is 0 Å². The Balaban J connectivity index is 1.81. The van der Waals surface area contributed by atoms with Gasteiger partial charge in [0.25, 0.3) is 0 Å². The van der Waals surface area contributed by atoms with Gasteiger partial charge in [-0.1, -0.05) is 26.2 Å². The van der Waals surface area contributed by atoms with Crippen LogP contribution in [0.15, 0.2) is 0 Å². The summed E-state index contributed by atoms with van der Waals surface area (Å²) in [4.78, 5) is 14.7. The average Bonchev–Trinajstić information content (AvgIpc) is 2.95. The molecule has 1 aliphatic heterocycles. The Morgan fingerprint density at radius 1 is 1.15 bits per heavy atom. The molecule has 0 radical (unpaired) electrons. The first kappa shape index (κ1) is 15.8.